The molecule has 0 amide bonds. The molecule has 0 unspecified atom stereocenters. The molecule has 0 atom stereocenters. The monoisotopic (exact) mass is 425 g/mol. The fourth-order valence-corrected chi connectivity index (χ4v) is 3.74. The van der Waals surface area contributed by atoms with Crippen LogP contribution in [0.4, 0.5) is 0 Å². The maximum absolute atomic E-state index is 5.48. The van der Waals surface area contributed by atoms with Gasteiger partial charge in [0.05, 0.1) is 12.9 Å². The highest BCUT2D eigenvalue weighted by Crippen LogP contribution is 2.13. The number of ether oxygens (including phenoxy) is 1. The summed E-state index contributed by atoms with van der Waals surface area (Å²) in [6.45, 7) is 9.73. The molecule has 2 N–H and O–H groups in total. The highest BCUT2D eigenvalue weighted by Gasteiger charge is 1.94. The fraction of sp³-hybridized carbons (Fsp3) is 0.929. The molecule has 2 heteroatoms. The standard InChI is InChI=1S/C18H39N.C10H20O/c1-2-3-4-5-6-7-8-9-10-11-12-13-14-15-16-17-18-19;1-3-5-6-7-8-9-10-11-4-2/h2-19H2,1H3;4H,2-3,5-10H2,1H3. The molecular weight excluding hydrogens is 366 g/mol. The van der Waals surface area contributed by atoms with Crippen LogP contribution in [-0.2, 0) is 4.74 Å². The first-order valence-corrected chi connectivity index (χ1v) is 13.8. The van der Waals surface area contributed by atoms with Crippen molar-refractivity contribution in [3.63, 3.8) is 0 Å². The van der Waals surface area contributed by atoms with E-state index in [9.17, 15) is 0 Å². The zero-order valence-electron chi connectivity index (χ0n) is 21.2. The maximum Gasteiger partial charge on any atom is 0.0873 e. The van der Waals surface area contributed by atoms with Crippen LogP contribution in [0.5, 0.6) is 0 Å². The minimum absolute atomic E-state index is 0.843. The minimum Gasteiger partial charge on any atom is -0.502 e. The maximum atomic E-state index is 5.48. The Bertz CT molecular complexity index is 264. The lowest BCUT2D eigenvalue weighted by molar-refractivity contribution is 0.241. The number of unbranched alkanes of at least 4 members (excludes halogenated alkanes) is 20. The van der Waals surface area contributed by atoms with Crippen molar-refractivity contribution in [2.24, 2.45) is 5.73 Å². The van der Waals surface area contributed by atoms with E-state index in [4.69, 9.17) is 10.5 Å². The lowest BCUT2D eigenvalue weighted by Gasteiger charge is -2.03. The summed E-state index contributed by atoms with van der Waals surface area (Å²) in [6, 6.07) is 0. The highest BCUT2D eigenvalue weighted by molar-refractivity contribution is 4.51. The van der Waals surface area contributed by atoms with Crippen LogP contribution < -0.4 is 5.73 Å². The Morgan fingerprint density at radius 2 is 0.800 bits per heavy atom. The number of hydrogen-bond acceptors (Lipinski definition) is 2. The number of rotatable bonds is 24. The second kappa shape index (κ2) is 33.1. The molecule has 0 saturated carbocycles. The van der Waals surface area contributed by atoms with E-state index in [-0.39, 0.29) is 0 Å². The molecule has 0 radical (unpaired) electrons. The van der Waals surface area contributed by atoms with Gasteiger partial charge in [0.2, 0.25) is 0 Å². The molecule has 0 spiro atoms. The third kappa shape index (κ3) is 35.0. The zero-order valence-corrected chi connectivity index (χ0v) is 21.2. The lowest BCUT2D eigenvalue weighted by Crippen LogP contribution is -1.97. The molecule has 2 nitrogen and oxygen atoms in total. The first-order chi connectivity index (χ1) is 14.8. The first kappa shape index (κ1) is 31.7. The summed E-state index contributed by atoms with van der Waals surface area (Å²) in [6.07, 6.45) is 32.3. The second-order valence-electron chi connectivity index (χ2n) is 8.90. The molecule has 0 aliphatic rings. The van der Waals surface area contributed by atoms with Crippen molar-refractivity contribution in [2.75, 3.05) is 13.2 Å². The van der Waals surface area contributed by atoms with Gasteiger partial charge < -0.3 is 10.5 Å². The third-order valence-corrected chi connectivity index (χ3v) is 5.79. The van der Waals surface area contributed by atoms with E-state index < -0.39 is 0 Å². The second-order valence-corrected chi connectivity index (χ2v) is 8.90. The van der Waals surface area contributed by atoms with Crippen LogP contribution in [0.2, 0.25) is 0 Å². The van der Waals surface area contributed by atoms with Gasteiger partial charge in [0.1, 0.15) is 0 Å². The summed E-state index contributed by atoms with van der Waals surface area (Å²) in [5, 5.41) is 0. The average Bonchev–Trinajstić information content (AvgIpc) is 2.76. The Balaban J connectivity index is 0. The van der Waals surface area contributed by atoms with Crippen LogP contribution in [0.1, 0.15) is 155 Å². The van der Waals surface area contributed by atoms with E-state index >= 15 is 0 Å². The molecule has 0 rings (SSSR count). The molecule has 0 aliphatic heterocycles. The van der Waals surface area contributed by atoms with Crippen LogP contribution in [0.3, 0.4) is 0 Å². The molecule has 0 aliphatic carbocycles. The lowest BCUT2D eigenvalue weighted by atomic mass is 10.0. The summed E-state index contributed by atoms with van der Waals surface area (Å²) in [5.74, 6) is 0. The van der Waals surface area contributed by atoms with Crippen molar-refractivity contribution in [1.82, 2.24) is 0 Å². The Labute approximate surface area is 191 Å². The van der Waals surface area contributed by atoms with Crippen molar-refractivity contribution in [2.45, 2.75) is 155 Å². The summed E-state index contributed by atoms with van der Waals surface area (Å²) in [4.78, 5) is 0. The molecule has 30 heavy (non-hydrogen) atoms. The van der Waals surface area contributed by atoms with Crippen LogP contribution in [-0.4, -0.2) is 13.2 Å². The largest absolute Gasteiger partial charge is 0.502 e. The quantitative estimate of drug-likeness (QED) is 0.123. The molecule has 0 aromatic heterocycles. The van der Waals surface area contributed by atoms with Gasteiger partial charge in [0.15, 0.2) is 0 Å². The van der Waals surface area contributed by atoms with E-state index in [1.165, 1.54) is 148 Å². The summed E-state index contributed by atoms with van der Waals surface area (Å²) in [7, 11) is 0. The first-order valence-electron chi connectivity index (χ1n) is 13.8. The van der Waals surface area contributed by atoms with Gasteiger partial charge in [-0.2, -0.15) is 0 Å². The van der Waals surface area contributed by atoms with E-state index in [1.807, 2.05) is 0 Å². The number of hydrogen-bond donors (Lipinski definition) is 1. The van der Waals surface area contributed by atoms with Crippen LogP contribution >= 0.6 is 0 Å². The Kier molecular flexibility index (Phi) is 35.0. The molecule has 0 aromatic carbocycles. The van der Waals surface area contributed by atoms with Crippen molar-refractivity contribution < 1.29 is 4.74 Å². The van der Waals surface area contributed by atoms with Crippen LogP contribution in [0, 0.1) is 0 Å². The predicted molar refractivity (Wildman–Crippen MR) is 138 cm³/mol. The van der Waals surface area contributed by atoms with Gasteiger partial charge >= 0.3 is 0 Å². The summed E-state index contributed by atoms with van der Waals surface area (Å²) in [5.41, 5.74) is 5.48. The average molecular weight is 426 g/mol. The van der Waals surface area contributed by atoms with E-state index in [0.29, 0.717) is 0 Å². The molecule has 0 saturated heterocycles. The van der Waals surface area contributed by atoms with E-state index in [2.05, 4.69) is 20.4 Å². The van der Waals surface area contributed by atoms with Gasteiger partial charge in [-0.05, 0) is 19.4 Å². The van der Waals surface area contributed by atoms with Gasteiger partial charge in [0, 0.05) is 0 Å². The van der Waals surface area contributed by atoms with Crippen molar-refractivity contribution >= 4 is 0 Å². The zero-order chi connectivity index (χ0) is 22.4. The molecule has 0 bridgehead atoms. The fourth-order valence-electron chi connectivity index (χ4n) is 3.74. The predicted octanol–water partition coefficient (Wildman–Crippen LogP) is 9.71. The number of nitrogens with two attached hydrogens (primary N) is 1. The highest BCUT2D eigenvalue weighted by atomic mass is 16.5. The topological polar surface area (TPSA) is 35.2 Å². The van der Waals surface area contributed by atoms with Crippen molar-refractivity contribution in [3.05, 3.63) is 12.8 Å². The minimum atomic E-state index is 0.843. The van der Waals surface area contributed by atoms with Crippen molar-refractivity contribution in [3.8, 4) is 0 Å². The Hall–Kier alpha value is -0.500. The summed E-state index contributed by atoms with van der Waals surface area (Å²) >= 11 is 0. The molecule has 0 heterocycles. The SMILES string of the molecule is C=COCCCCCCCC.CCCCCCCCCCCCCCCCCCN. The smallest absolute Gasteiger partial charge is 0.0873 e. The van der Waals surface area contributed by atoms with Gasteiger partial charge in [-0.1, -0.05) is 149 Å². The normalized spacial score (nSPS) is 10.5. The van der Waals surface area contributed by atoms with Gasteiger partial charge in [-0.3, -0.25) is 0 Å². The van der Waals surface area contributed by atoms with Crippen molar-refractivity contribution in [1.29, 1.82) is 0 Å². The molecule has 0 fully saturated rings. The molecular formula is C28H59NO. The van der Waals surface area contributed by atoms with Crippen LogP contribution in [0.25, 0.3) is 0 Å². The van der Waals surface area contributed by atoms with Gasteiger partial charge in [-0.15, -0.1) is 0 Å². The van der Waals surface area contributed by atoms with Crippen LogP contribution in [0.15, 0.2) is 12.8 Å². The third-order valence-electron chi connectivity index (χ3n) is 5.79. The van der Waals surface area contributed by atoms with Gasteiger partial charge in [0.25, 0.3) is 0 Å². The van der Waals surface area contributed by atoms with E-state index in [1.54, 1.807) is 0 Å². The Morgan fingerprint density at radius 3 is 1.10 bits per heavy atom. The molecule has 182 valence electrons. The van der Waals surface area contributed by atoms with Gasteiger partial charge in [-0.25, -0.2) is 0 Å². The molecule has 0 aromatic rings. The van der Waals surface area contributed by atoms with E-state index in [0.717, 1.165) is 13.2 Å². The Morgan fingerprint density at radius 1 is 0.500 bits per heavy atom. The summed E-state index contributed by atoms with van der Waals surface area (Å²) < 4.78 is 5.00.